The van der Waals surface area contributed by atoms with Crippen LogP contribution in [0.3, 0.4) is 0 Å². The van der Waals surface area contributed by atoms with Gasteiger partial charge >= 0.3 is 5.97 Å². The molecule has 0 aromatic heterocycles. The van der Waals surface area contributed by atoms with Gasteiger partial charge in [-0.3, -0.25) is 4.79 Å². The molecule has 4 nitrogen and oxygen atoms in total. The van der Waals surface area contributed by atoms with Gasteiger partial charge in [0, 0.05) is 10.0 Å². The number of phenols is 1. The summed E-state index contributed by atoms with van der Waals surface area (Å²) in [5, 5.41) is 9.78. The van der Waals surface area contributed by atoms with Crippen LogP contribution in [-0.2, 0) is 9.53 Å². The van der Waals surface area contributed by atoms with Gasteiger partial charge in [-0.05, 0) is 12.1 Å². The van der Waals surface area contributed by atoms with E-state index >= 15 is 0 Å². The van der Waals surface area contributed by atoms with Crippen LogP contribution in [-0.4, -0.2) is 18.2 Å². The Kier molecular flexibility index (Phi) is 6.10. The van der Waals surface area contributed by atoms with E-state index in [9.17, 15) is 9.90 Å². The Bertz CT molecular complexity index is 401. The maximum Gasteiger partial charge on any atom is 0.327 e. The van der Waals surface area contributed by atoms with E-state index in [-0.39, 0.29) is 28.7 Å². The monoisotopic (exact) mass is 329 g/mol. The highest BCUT2D eigenvalue weighted by molar-refractivity contribution is 9.10. The maximum atomic E-state index is 11.2. The number of ether oxygens (including phenoxy) is 1. The van der Waals surface area contributed by atoms with Crippen molar-refractivity contribution < 1.29 is 14.6 Å². The van der Waals surface area contributed by atoms with Gasteiger partial charge in [-0.15, -0.1) is 12.4 Å². The molecule has 0 aliphatic rings. The lowest BCUT2D eigenvalue weighted by Gasteiger charge is -2.13. The number of hydrogen-bond acceptors (Lipinski definition) is 4. The molecule has 1 aromatic carbocycles. The second-order valence-electron chi connectivity index (χ2n) is 2.79. The molecule has 0 saturated carbocycles. The van der Waals surface area contributed by atoms with Gasteiger partial charge in [0.25, 0.3) is 0 Å². The fraction of sp³-hybridized carbons (Fsp3) is 0.222. The average Bonchev–Trinajstić information content (AvgIpc) is 2.22. The quantitative estimate of drug-likeness (QED) is 0.817. The molecule has 0 fully saturated rings. The van der Waals surface area contributed by atoms with E-state index in [1.807, 2.05) is 0 Å². The van der Waals surface area contributed by atoms with Crippen molar-refractivity contribution in [3.8, 4) is 5.75 Å². The molecular weight excluding hydrogens is 321 g/mol. The number of methoxy groups -OCH3 is 1. The smallest absolute Gasteiger partial charge is 0.327 e. The Hall–Kier alpha value is -0.490. The van der Waals surface area contributed by atoms with Crippen LogP contribution in [0.15, 0.2) is 16.6 Å². The normalized spacial score (nSPS) is 11.5. The van der Waals surface area contributed by atoms with Gasteiger partial charge in [-0.2, -0.15) is 0 Å². The molecule has 1 atom stereocenters. The van der Waals surface area contributed by atoms with Crippen LogP contribution in [0.5, 0.6) is 5.75 Å². The molecule has 1 aromatic rings. The minimum atomic E-state index is -1.07. The number of aromatic hydroxyl groups is 1. The number of nitrogens with two attached hydrogens (primary N) is 1. The van der Waals surface area contributed by atoms with Crippen molar-refractivity contribution in [3.63, 3.8) is 0 Å². The second-order valence-corrected chi connectivity index (χ2v) is 4.05. The first-order chi connectivity index (χ1) is 6.99. The number of hydrogen-bond donors (Lipinski definition) is 2. The predicted octanol–water partition coefficient (Wildman–Crippen LogP) is 2.40. The van der Waals surface area contributed by atoms with Crippen LogP contribution in [0.4, 0.5) is 0 Å². The van der Waals surface area contributed by atoms with E-state index in [4.69, 9.17) is 17.3 Å². The molecule has 0 amide bonds. The molecule has 0 unspecified atom stereocenters. The SMILES string of the molecule is COC(=O)[C@H](N)c1c(Br)ccc(Cl)c1O.Cl. The molecule has 0 aliphatic carbocycles. The zero-order valence-corrected chi connectivity index (χ0v) is 11.4. The standard InChI is InChI=1S/C9H9BrClNO3.ClH/c1-15-9(14)7(12)6-4(10)2-3-5(11)8(6)13;/h2-3,7,13H,12H2,1H3;1H/t7-;/m1./s1. The Morgan fingerprint density at radius 3 is 2.69 bits per heavy atom. The van der Waals surface area contributed by atoms with Gasteiger partial charge in [0.1, 0.15) is 11.8 Å². The van der Waals surface area contributed by atoms with Crippen LogP contribution < -0.4 is 5.73 Å². The number of carbonyl (C=O) groups is 1. The first kappa shape index (κ1) is 15.5. The molecule has 3 N–H and O–H groups in total. The third kappa shape index (κ3) is 3.01. The molecule has 0 radical (unpaired) electrons. The van der Waals surface area contributed by atoms with Crippen molar-refractivity contribution >= 4 is 45.9 Å². The lowest BCUT2D eigenvalue weighted by Crippen LogP contribution is -2.23. The minimum absolute atomic E-state index is 0. The largest absolute Gasteiger partial charge is 0.506 e. The summed E-state index contributed by atoms with van der Waals surface area (Å²) in [5.41, 5.74) is 5.81. The molecule has 1 rings (SSSR count). The van der Waals surface area contributed by atoms with Crippen molar-refractivity contribution in [2.24, 2.45) is 5.73 Å². The number of benzene rings is 1. The van der Waals surface area contributed by atoms with E-state index in [1.165, 1.54) is 13.2 Å². The van der Waals surface area contributed by atoms with Crippen LogP contribution >= 0.6 is 39.9 Å². The average molecular weight is 331 g/mol. The van der Waals surface area contributed by atoms with Gasteiger partial charge in [0.15, 0.2) is 0 Å². The number of phenolic OH excluding ortho intramolecular Hbond substituents is 1. The fourth-order valence-electron chi connectivity index (χ4n) is 1.10. The van der Waals surface area contributed by atoms with Crippen molar-refractivity contribution in [2.45, 2.75) is 6.04 Å². The predicted molar refractivity (Wildman–Crippen MR) is 67.0 cm³/mol. The lowest BCUT2D eigenvalue weighted by molar-refractivity contribution is -0.142. The highest BCUT2D eigenvalue weighted by Crippen LogP contribution is 2.36. The highest BCUT2D eigenvalue weighted by atomic mass is 79.9. The fourth-order valence-corrected chi connectivity index (χ4v) is 1.83. The summed E-state index contributed by atoms with van der Waals surface area (Å²) in [6.07, 6.45) is 0. The van der Waals surface area contributed by atoms with E-state index < -0.39 is 12.0 Å². The molecule has 0 aliphatic heterocycles. The topological polar surface area (TPSA) is 72.5 Å². The van der Waals surface area contributed by atoms with Crippen molar-refractivity contribution in [2.75, 3.05) is 7.11 Å². The third-order valence-corrected chi connectivity index (χ3v) is 2.88. The second kappa shape index (κ2) is 6.30. The van der Waals surface area contributed by atoms with Gasteiger partial charge in [0.05, 0.1) is 12.1 Å². The first-order valence-electron chi connectivity index (χ1n) is 3.99. The Morgan fingerprint density at radius 2 is 2.19 bits per heavy atom. The Morgan fingerprint density at radius 1 is 1.62 bits per heavy atom. The van der Waals surface area contributed by atoms with E-state index in [1.54, 1.807) is 6.07 Å². The number of rotatable bonds is 2. The van der Waals surface area contributed by atoms with Crippen molar-refractivity contribution in [1.82, 2.24) is 0 Å². The Labute approximate surface area is 112 Å². The molecule has 0 bridgehead atoms. The van der Waals surface area contributed by atoms with Gasteiger partial charge in [-0.1, -0.05) is 27.5 Å². The molecule has 0 saturated heterocycles. The van der Waals surface area contributed by atoms with Crippen LogP contribution in [0.1, 0.15) is 11.6 Å². The zero-order chi connectivity index (χ0) is 11.6. The minimum Gasteiger partial charge on any atom is -0.506 e. The number of esters is 1. The molecule has 16 heavy (non-hydrogen) atoms. The summed E-state index contributed by atoms with van der Waals surface area (Å²) in [7, 11) is 1.22. The molecule has 0 spiro atoms. The molecule has 0 heterocycles. The van der Waals surface area contributed by atoms with Gasteiger partial charge < -0.3 is 15.6 Å². The molecular formula is C9H10BrCl2NO3. The Balaban J connectivity index is 0.00000225. The zero-order valence-electron chi connectivity index (χ0n) is 8.24. The molecule has 90 valence electrons. The first-order valence-corrected chi connectivity index (χ1v) is 5.16. The summed E-state index contributed by atoms with van der Waals surface area (Å²) in [4.78, 5) is 11.2. The highest BCUT2D eigenvalue weighted by Gasteiger charge is 2.23. The van der Waals surface area contributed by atoms with E-state index in [0.717, 1.165) is 0 Å². The summed E-state index contributed by atoms with van der Waals surface area (Å²) in [6, 6.07) is 2.03. The number of halogens is 3. The van der Waals surface area contributed by atoms with Crippen LogP contribution in [0.25, 0.3) is 0 Å². The molecule has 7 heteroatoms. The van der Waals surface area contributed by atoms with Gasteiger partial charge in [-0.25, -0.2) is 0 Å². The van der Waals surface area contributed by atoms with Crippen molar-refractivity contribution in [1.29, 1.82) is 0 Å². The van der Waals surface area contributed by atoms with Gasteiger partial charge in [0.2, 0.25) is 0 Å². The summed E-state index contributed by atoms with van der Waals surface area (Å²) < 4.78 is 4.98. The lowest BCUT2D eigenvalue weighted by atomic mass is 10.1. The van der Waals surface area contributed by atoms with Crippen LogP contribution in [0, 0.1) is 0 Å². The summed E-state index contributed by atoms with van der Waals surface area (Å²) >= 11 is 8.87. The summed E-state index contributed by atoms with van der Waals surface area (Å²) in [5.74, 6) is -0.864. The van der Waals surface area contributed by atoms with E-state index in [2.05, 4.69) is 20.7 Å². The summed E-state index contributed by atoms with van der Waals surface area (Å²) in [6.45, 7) is 0. The van der Waals surface area contributed by atoms with Crippen LogP contribution in [0.2, 0.25) is 5.02 Å². The number of carbonyl (C=O) groups excluding carboxylic acids is 1. The van der Waals surface area contributed by atoms with Crippen molar-refractivity contribution in [3.05, 3.63) is 27.2 Å². The third-order valence-electron chi connectivity index (χ3n) is 1.88. The van der Waals surface area contributed by atoms with E-state index in [0.29, 0.717) is 4.47 Å². The maximum absolute atomic E-state index is 11.2.